The molecule has 0 saturated carbocycles. The molecule has 0 aliphatic carbocycles. The molecule has 2 aromatic carbocycles. The molecule has 0 spiro atoms. The van der Waals surface area contributed by atoms with Crippen LogP contribution in [0.4, 0.5) is 0 Å². The van der Waals surface area contributed by atoms with Crippen LogP contribution in [-0.2, 0) is 16.1 Å². The standard InChI is InChI=1S/C22H24N2O3S/c1-3-4-13-27-20(25)15-28-22-23-19-8-6-5-7-18(19)21(26)24(22)14-17-11-9-16(2)10-12-17/h5-12H,3-4,13-15H2,1-2H3. The van der Waals surface area contributed by atoms with Crippen molar-refractivity contribution in [3.63, 3.8) is 0 Å². The Morgan fingerprint density at radius 2 is 1.89 bits per heavy atom. The van der Waals surface area contributed by atoms with Crippen molar-refractivity contribution in [3.05, 3.63) is 70.0 Å². The number of ether oxygens (including phenoxy) is 1. The fraction of sp³-hybridized carbons (Fsp3) is 0.318. The minimum Gasteiger partial charge on any atom is -0.465 e. The monoisotopic (exact) mass is 396 g/mol. The van der Waals surface area contributed by atoms with Crippen molar-refractivity contribution in [2.45, 2.75) is 38.4 Å². The van der Waals surface area contributed by atoms with Crippen LogP contribution in [0, 0.1) is 6.92 Å². The van der Waals surface area contributed by atoms with E-state index in [2.05, 4.69) is 4.98 Å². The van der Waals surface area contributed by atoms with Crippen LogP contribution in [0.15, 0.2) is 58.5 Å². The molecule has 0 N–H and O–H groups in total. The van der Waals surface area contributed by atoms with Gasteiger partial charge in [-0.2, -0.15) is 0 Å². The Balaban J connectivity index is 1.89. The van der Waals surface area contributed by atoms with E-state index in [4.69, 9.17) is 4.74 Å². The van der Waals surface area contributed by atoms with Crippen molar-refractivity contribution in [2.75, 3.05) is 12.4 Å². The first kappa shape index (κ1) is 20.1. The molecule has 0 aliphatic heterocycles. The summed E-state index contributed by atoms with van der Waals surface area (Å²) in [6.45, 7) is 4.91. The van der Waals surface area contributed by atoms with Crippen molar-refractivity contribution >= 4 is 28.6 Å². The van der Waals surface area contributed by atoms with Gasteiger partial charge >= 0.3 is 5.97 Å². The summed E-state index contributed by atoms with van der Waals surface area (Å²) in [6.07, 6.45) is 1.82. The minimum absolute atomic E-state index is 0.104. The molecule has 0 unspecified atom stereocenters. The van der Waals surface area contributed by atoms with Crippen LogP contribution < -0.4 is 5.56 Å². The fourth-order valence-corrected chi connectivity index (χ4v) is 3.57. The number of fused-ring (bicyclic) bond motifs is 1. The molecule has 0 saturated heterocycles. The van der Waals surface area contributed by atoms with Crippen molar-refractivity contribution in [1.29, 1.82) is 0 Å². The number of carbonyl (C=O) groups excluding carboxylic acids is 1. The molecular weight excluding hydrogens is 372 g/mol. The lowest BCUT2D eigenvalue weighted by Crippen LogP contribution is -2.24. The normalized spacial score (nSPS) is 10.9. The lowest BCUT2D eigenvalue weighted by atomic mass is 10.1. The number of benzene rings is 2. The van der Waals surface area contributed by atoms with E-state index in [1.807, 2.05) is 56.3 Å². The van der Waals surface area contributed by atoms with Gasteiger partial charge in [0.05, 0.1) is 29.8 Å². The minimum atomic E-state index is -0.289. The lowest BCUT2D eigenvalue weighted by molar-refractivity contribution is -0.140. The number of hydrogen-bond acceptors (Lipinski definition) is 5. The number of aromatic nitrogens is 2. The predicted octanol–water partition coefficient (Wildman–Crippen LogP) is 4.19. The van der Waals surface area contributed by atoms with Gasteiger partial charge in [-0.1, -0.05) is 67.1 Å². The Bertz CT molecular complexity index is 1010. The van der Waals surface area contributed by atoms with E-state index in [1.54, 1.807) is 10.6 Å². The summed E-state index contributed by atoms with van der Waals surface area (Å²) in [5, 5.41) is 1.10. The Morgan fingerprint density at radius 3 is 2.64 bits per heavy atom. The third kappa shape index (κ3) is 5.01. The van der Waals surface area contributed by atoms with Gasteiger partial charge in [-0.25, -0.2) is 4.98 Å². The van der Waals surface area contributed by atoms with Crippen LogP contribution in [-0.4, -0.2) is 27.9 Å². The zero-order valence-corrected chi connectivity index (χ0v) is 17.0. The second-order valence-electron chi connectivity index (χ2n) is 6.65. The van der Waals surface area contributed by atoms with Gasteiger partial charge in [-0.3, -0.25) is 14.2 Å². The van der Waals surface area contributed by atoms with E-state index in [9.17, 15) is 9.59 Å². The smallest absolute Gasteiger partial charge is 0.316 e. The number of aryl methyl sites for hydroxylation is 1. The van der Waals surface area contributed by atoms with Crippen LogP contribution in [0.25, 0.3) is 10.9 Å². The number of hydrogen-bond donors (Lipinski definition) is 0. The van der Waals surface area contributed by atoms with Crippen LogP contribution in [0.5, 0.6) is 0 Å². The van der Waals surface area contributed by atoms with Crippen molar-refractivity contribution in [3.8, 4) is 0 Å². The lowest BCUT2D eigenvalue weighted by Gasteiger charge is -2.13. The highest BCUT2D eigenvalue weighted by atomic mass is 32.2. The average molecular weight is 397 g/mol. The summed E-state index contributed by atoms with van der Waals surface area (Å²) in [4.78, 5) is 29.7. The summed E-state index contributed by atoms with van der Waals surface area (Å²) in [5.41, 5.74) is 2.71. The van der Waals surface area contributed by atoms with E-state index in [0.29, 0.717) is 29.2 Å². The summed E-state index contributed by atoms with van der Waals surface area (Å²) in [7, 11) is 0. The maximum absolute atomic E-state index is 13.1. The van der Waals surface area contributed by atoms with E-state index in [1.165, 1.54) is 11.8 Å². The first-order valence-corrected chi connectivity index (χ1v) is 10.4. The first-order chi connectivity index (χ1) is 13.6. The van der Waals surface area contributed by atoms with Gasteiger partial charge in [-0.05, 0) is 31.0 Å². The molecule has 28 heavy (non-hydrogen) atoms. The largest absolute Gasteiger partial charge is 0.465 e. The number of thioether (sulfide) groups is 1. The van der Waals surface area contributed by atoms with Gasteiger partial charge in [0.2, 0.25) is 0 Å². The topological polar surface area (TPSA) is 61.2 Å². The fourth-order valence-electron chi connectivity index (χ4n) is 2.77. The van der Waals surface area contributed by atoms with E-state index in [-0.39, 0.29) is 17.3 Å². The molecule has 5 nitrogen and oxygen atoms in total. The number of esters is 1. The van der Waals surface area contributed by atoms with Gasteiger partial charge in [-0.15, -0.1) is 0 Å². The Morgan fingerprint density at radius 1 is 1.14 bits per heavy atom. The van der Waals surface area contributed by atoms with Gasteiger partial charge in [0.15, 0.2) is 5.16 Å². The van der Waals surface area contributed by atoms with E-state index < -0.39 is 0 Å². The molecule has 3 aromatic rings. The molecule has 1 aromatic heterocycles. The maximum atomic E-state index is 13.1. The zero-order chi connectivity index (χ0) is 19.9. The molecule has 6 heteroatoms. The molecule has 3 rings (SSSR count). The third-order valence-electron chi connectivity index (χ3n) is 4.37. The Hall–Kier alpha value is -2.60. The van der Waals surface area contributed by atoms with Crippen LogP contribution in [0.3, 0.4) is 0 Å². The molecule has 0 aliphatic rings. The van der Waals surface area contributed by atoms with Crippen molar-refractivity contribution in [2.24, 2.45) is 0 Å². The molecule has 0 atom stereocenters. The molecular formula is C22H24N2O3S. The summed E-state index contributed by atoms with van der Waals surface area (Å²) < 4.78 is 6.85. The molecule has 0 fully saturated rings. The molecule has 0 bridgehead atoms. The highest BCUT2D eigenvalue weighted by molar-refractivity contribution is 7.99. The average Bonchev–Trinajstić information content (AvgIpc) is 2.70. The highest BCUT2D eigenvalue weighted by Crippen LogP contribution is 2.19. The van der Waals surface area contributed by atoms with Gasteiger partial charge in [0.25, 0.3) is 5.56 Å². The molecule has 146 valence electrons. The summed E-state index contributed by atoms with van der Waals surface area (Å²) in [5.74, 6) is -0.162. The molecule has 0 radical (unpaired) electrons. The van der Waals surface area contributed by atoms with Gasteiger partial charge < -0.3 is 4.74 Å². The van der Waals surface area contributed by atoms with Gasteiger partial charge in [0.1, 0.15) is 0 Å². The summed E-state index contributed by atoms with van der Waals surface area (Å²) >= 11 is 1.24. The zero-order valence-electron chi connectivity index (χ0n) is 16.2. The van der Waals surface area contributed by atoms with Crippen molar-refractivity contribution < 1.29 is 9.53 Å². The number of rotatable bonds is 8. The van der Waals surface area contributed by atoms with Crippen LogP contribution >= 0.6 is 11.8 Å². The number of carbonyl (C=O) groups is 1. The first-order valence-electron chi connectivity index (χ1n) is 9.42. The van der Waals surface area contributed by atoms with Crippen molar-refractivity contribution in [1.82, 2.24) is 9.55 Å². The third-order valence-corrected chi connectivity index (χ3v) is 5.32. The van der Waals surface area contributed by atoms with Crippen LogP contribution in [0.2, 0.25) is 0 Å². The van der Waals surface area contributed by atoms with Gasteiger partial charge in [0, 0.05) is 0 Å². The maximum Gasteiger partial charge on any atom is 0.316 e. The Kier molecular flexibility index (Phi) is 6.87. The van der Waals surface area contributed by atoms with Crippen LogP contribution in [0.1, 0.15) is 30.9 Å². The molecule has 0 amide bonds. The molecule has 1 heterocycles. The second-order valence-corrected chi connectivity index (χ2v) is 7.59. The number of para-hydroxylation sites is 1. The quantitative estimate of drug-likeness (QED) is 0.247. The van der Waals surface area contributed by atoms with E-state index >= 15 is 0 Å². The SMILES string of the molecule is CCCCOC(=O)CSc1nc2ccccc2c(=O)n1Cc1ccc(C)cc1. The second kappa shape index (κ2) is 9.55. The van der Waals surface area contributed by atoms with E-state index in [0.717, 1.165) is 24.0 Å². The number of unbranched alkanes of at least 4 members (excludes halogenated alkanes) is 1. The summed E-state index contributed by atoms with van der Waals surface area (Å²) in [6, 6.07) is 15.3. The highest BCUT2D eigenvalue weighted by Gasteiger charge is 2.14. The number of nitrogens with zero attached hydrogens (tertiary/aromatic N) is 2. The predicted molar refractivity (Wildman–Crippen MR) is 113 cm³/mol. The Labute approximate surface area is 168 Å².